The fourth-order valence-corrected chi connectivity index (χ4v) is 2.09. The maximum atomic E-state index is 12.9. The maximum absolute atomic E-state index is 12.9. The number of carbonyl (C=O) groups is 1. The van der Waals surface area contributed by atoms with E-state index < -0.39 is 35.7 Å². The van der Waals surface area contributed by atoms with Crippen LogP contribution in [0, 0.1) is 6.57 Å². The molecule has 0 saturated carbocycles. The Morgan fingerprint density at radius 1 is 1.52 bits per heavy atom. The highest BCUT2D eigenvalue weighted by atomic mass is 19.4. The number of halogens is 3. The number of amides is 1. The van der Waals surface area contributed by atoms with Gasteiger partial charge in [-0.2, -0.15) is 13.2 Å². The summed E-state index contributed by atoms with van der Waals surface area (Å²) in [4.78, 5) is 15.4. The van der Waals surface area contributed by atoms with Crippen molar-refractivity contribution in [1.82, 2.24) is 0 Å². The molecule has 1 aliphatic heterocycles. The van der Waals surface area contributed by atoms with E-state index in [9.17, 15) is 23.1 Å². The standard InChI is InChI=1S/C13H11F3N2O3/c1-7(19)11-6-21-12(20)18(11)8-3-4-10(17-2)9(5-8)13(14,15)16/h3-5,7,11,19H,6H2,1H3/t7?,11-/m1/s1. The molecular weight excluding hydrogens is 289 g/mol. The quantitative estimate of drug-likeness (QED) is 0.854. The predicted octanol–water partition coefficient (Wildman–Crippen LogP) is 2.96. The number of anilines is 1. The van der Waals surface area contributed by atoms with Gasteiger partial charge in [-0.3, -0.25) is 4.90 Å². The van der Waals surface area contributed by atoms with Crippen molar-refractivity contribution in [2.45, 2.75) is 25.2 Å². The number of rotatable bonds is 2. The molecule has 1 N–H and O–H groups in total. The molecule has 0 aliphatic carbocycles. The normalized spacial score (nSPS) is 20.1. The van der Waals surface area contributed by atoms with Gasteiger partial charge in [0, 0.05) is 5.69 Å². The molecule has 0 spiro atoms. The second-order valence-electron chi connectivity index (χ2n) is 4.57. The lowest BCUT2D eigenvalue weighted by Gasteiger charge is -2.24. The van der Waals surface area contributed by atoms with Crippen molar-refractivity contribution in [2.75, 3.05) is 11.5 Å². The zero-order valence-corrected chi connectivity index (χ0v) is 10.9. The van der Waals surface area contributed by atoms with Crippen LogP contribution in [0.1, 0.15) is 12.5 Å². The molecule has 1 amide bonds. The third kappa shape index (κ3) is 2.78. The Balaban J connectivity index is 2.50. The fraction of sp³-hybridized carbons (Fsp3) is 0.385. The average Bonchev–Trinajstić information content (AvgIpc) is 2.79. The van der Waals surface area contributed by atoms with E-state index >= 15 is 0 Å². The van der Waals surface area contributed by atoms with Crippen molar-refractivity contribution in [3.05, 3.63) is 35.2 Å². The maximum Gasteiger partial charge on any atom is 0.414 e. The molecule has 2 atom stereocenters. The third-order valence-corrected chi connectivity index (χ3v) is 3.15. The minimum atomic E-state index is -4.71. The van der Waals surface area contributed by atoms with E-state index in [4.69, 9.17) is 11.3 Å². The van der Waals surface area contributed by atoms with E-state index in [1.807, 2.05) is 0 Å². The van der Waals surface area contributed by atoms with Crippen molar-refractivity contribution in [3.63, 3.8) is 0 Å². The summed E-state index contributed by atoms with van der Waals surface area (Å²) in [7, 11) is 0. The number of ether oxygens (including phenoxy) is 1. The van der Waals surface area contributed by atoms with Crippen LogP contribution in [0.2, 0.25) is 0 Å². The number of alkyl halides is 3. The van der Waals surface area contributed by atoms with Crippen LogP contribution in [0.5, 0.6) is 0 Å². The van der Waals surface area contributed by atoms with E-state index in [1.54, 1.807) is 0 Å². The van der Waals surface area contributed by atoms with Gasteiger partial charge in [0.2, 0.25) is 0 Å². The Morgan fingerprint density at radius 3 is 2.71 bits per heavy atom. The number of nitrogens with zero attached hydrogens (tertiary/aromatic N) is 2. The van der Waals surface area contributed by atoms with Gasteiger partial charge in [0.05, 0.1) is 18.2 Å². The lowest BCUT2D eigenvalue weighted by molar-refractivity contribution is -0.136. The van der Waals surface area contributed by atoms with E-state index in [0.29, 0.717) is 0 Å². The van der Waals surface area contributed by atoms with Crippen LogP contribution in [0.4, 0.5) is 29.3 Å². The Morgan fingerprint density at radius 2 is 2.19 bits per heavy atom. The van der Waals surface area contributed by atoms with Crippen LogP contribution in [-0.2, 0) is 10.9 Å². The minimum absolute atomic E-state index is 0.0666. The summed E-state index contributed by atoms with van der Waals surface area (Å²) in [6, 6.07) is 2.17. The molecule has 8 heteroatoms. The van der Waals surface area contributed by atoms with E-state index in [-0.39, 0.29) is 12.3 Å². The summed E-state index contributed by atoms with van der Waals surface area (Å²) in [5.74, 6) is 0. The molecule has 1 heterocycles. The minimum Gasteiger partial charge on any atom is -0.447 e. The van der Waals surface area contributed by atoms with Crippen LogP contribution in [0.3, 0.4) is 0 Å². The van der Waals surface area contributed by atoms with Gasteiger partial charge in [-0.1, -0.05) is 6.07 Å². The molecule has 0 bridgehead atoms. The zero-order valence-electron chi connectivity index (χ0n) is 10.9. The SMILES string of the molecule is [C-]#[N+]c1ccc(N2C(=O)OC[C@@H]2C(C)O)cc1C(F)(F)F. The molecule has 1 aliphatic rings. The summed E-state index contributed by atoms with van der Waals surface area (Å²) in [5, 5.41) is 9.59. The lowest BCUT2D eigenvalue weighted by Crippen LogP contribution is -2.41. The number of cyclic esters (lactones) is 1. The summed E-state index contributed by atoms with van der Waals surface area (Å²) in [6.45, 7) is 8.08. The highest BCUT2D eigenvalue weighted by Crippen LogP contribution is 2.39. The number of hydrogen-bond donors (Lipinski definition) is 1. The van der Waals surface area contributed by atoms with E-state index in [0.717, 1.165) is 17.0 Å². The van der Waals surface area contributed by atoms with Gasteiger partial charge in [-0.15, -0.1) is 0 Å². The molecule has 0 radical (unpaired) electrons. The number of hydrogen-bond acceptors (Lipinski definition) is 3. The van der Waals surface area contributed by atoms with Crippen LogP contribution in [0.15, 0.2) is 18.2 Å². The highest BCUT2D eigenvalue weighted by Gasteiger charge is 2.39. The molecule has 21 heavy (non-hydrogen) atoms. The van der Waals surface area contributed by atoms with Gasteiger partial charge in [0.25, 0.3) is 0 Å². The van der Waals surface area contributed by atoms with E-state index in [2.05, 4.69) is 4.85 Å². The molecule has 1 aromatic rings. The Kier molecular flexibility index (Phi) is 3.78. The first-order chi connectivity index (χ1) is 9.75. The molecule has 0 aromatic heterocycles. The summed E-state index contributed by atoms with van der Waals surface area (Å²) in [5.41, 5.74) is -1.74. The highest BCUT2D eigenvalue weighted by molar-refractivity contribution is 5.91. The van der Waals surface area contributed by atoms with Crippen molar-refractivity contribution >= 4 is 17.5 Å². The number of aliphatic hydroxyl groups excluding tert-OH is 1. The second kappa shape index (κ2) is 5.26. The van der Waals surface area contributed by atoms with Gasteiger partial charge in [-0.05, 0) is 19.1 Å². The van der Waals surface area contributed by atoms with Gasteiger partial charge in [0.1, 0.15) is 12.6 Å². The third-order valence-electron chi connectivity index (χ3n) is 3.15. The van der Waals surface area contributed by atoms with Crippen molar-refractivity contribution in [3.8, 4) is 0 Å². The Hall–Kier alpha value is -2.27. The van der Waals surface area contributed by atoms with Crippen LogP contribution < -0.4 is 4.90 Å². The molecule has 1 saturated heterocycles. The fourth-order valence-electron chi connectivity index (χ4n) is 2.09. The lowest BCUT2D eigenvalue weighted by atomic mass is 10.1. The van der Waals surface area contributed by atoms with Crippen molar-refractivity contribution in [2.24, 2.45) is 0 Å². The largest absolute Gasteiger partial charge is 0.447 e. The molecule has 1 aromatic carbocycles. The van der Waals surface area contributed by atoms with Gasteiger partial charge in [-0.25, -0.2) is 9.64 Å². The molecule has 2 rings (SSSR count). The first kappa shape index (κ1) is 15.1. The van der Waals surface area contributed by atoms with Gasteiger partial charge < -0.3 is 9.84 Å². The number of benzene rings is 1. The Labute approximate surface area is 118 Å². The first-order valence-corrected chi connectivity index (χ1v) is 5.98. The first-order valence-electron chi connectivity index (χ1n) is 5.98. The average molecular weight is 300 g/mol. The smallest absolute Gasteiger partial charge is 0.414 e. The van der Waals surface area contributed by atoms with Crippen LogP contribution >= 0.6 is 0 Å². The summed E-state index contributed by atoms with van der Waals surface area (Å²) >= 11 is 0. The zero-order chi connectivity index (χ0) is 15.8. The molecular formula is C13H11F3N2O3. The van der Waals surface area contributed by atoms with Crippen LogP contribution in [0.25, 0.3) is 4.85 Å². The number of carbonyl (C=O) groups excluding carboxylic acids is 1. The predicted molar refractivity (Wildman–Crippen MR) is 67.0 cm³/mol. The topological polar surface area (TPSA) is 54.1 Å². The van der Waals surface area contributed by atoms with E-state index in [1.165, 1.54) is 13.0 Å². The molecule has 1 unspecified atom stereocenters. The van der Waals surface area contributed by atoms with Crippen molar-refractivity contribution < 1.29 is 27.8 Å². The van der Waals surface area contributed by atoms with Crippen LogP contribution in [-0.4, -0.2) is 30.0 Å². The van der Waals surface area contributed by atoms with Crippen molar-refractivity contribution in [1.29, 1.82) is 0 Å². The molecule has 5 nitrogen and oxygen atoms in total. The van der Waals surface area contributed by atoms with Gasteiger partial charge >= 0.3 is 12.3 Å². The number of aliphatic hydroxyl groups is 1. The van der Waals surface area contributed by atoms with Gasteiger partial charge in [0.15, 0.2) is 5.69 Å². The second-order valence-corrected chi connectivity index (χ2v) is 4.57. The molecule has 1 fully saturated rings. The summed E-state index contributed by atoms with van der Waals surface area (Å²) < 4.78 is 43.5. The monoisotopic (exact) mass is 300 g/mol. The summed E-state index contributed by atoms with van der Waals surface area (Å²) in [6.07, 6.45) is -6.50. The molecule has 112 valence electrons. The Bertz CT molecular complexity index is 608.